The number of hydrogen-bond donors (Lipinski definition) is 1. The van der Waals surface area contributed by atoms with Crippen LogP contribution in [0.25, 0.3) is 0 Å². The molecule has 2 aromatic rings. The lowest BCUT2D eigenvalue weighted by molar-refractivity contribution is -0.121. The molecule has 0 fully saturated rings. The normalized spacial score (nSPS) is 13.4. The molecule has 1 amide bonds. The van der Waals surface area contributed by atoms with Gasteiger partial charge in [-0.2, -0.15) is 0 Å². The lowest BCUT2D eigenvalue weighted by Gasteiger charge is -2.23. The highest BCUT2D eigenvalue weighted by Gasteiger charge is 2.23. The summed E-state index contributed by atoms with van der Waals surface area (Å²) >= 11 is 0. The maximum atomic E-state index is 10.5. The summed E-state index contributed by atoms with van der Waals surface area (Å²) in [5.74, 6) is 3.76. The molecular weight excluding hydrogens is 408 g/mol. The molecule has 0 aliphatic carbocycles. The van der Waals surface area contributed by atoms with Gasteiger partial charge in [0, 0.05) is 19.6 Å². The van der Waals surface area contributed by atoms with E-state index in [1.165, 1.54) is 0 Å². The molecule has 0 spiro atoms. The fraction of sp³-hybridized carbons (Fsp3) is 0.381. The van der Waals surface area contributed by atoms with Crippen LogP contribution >= 0.6 is 0 Å². The number of nitrogens with zero attached hydrogens (tertiary/aromatic N) is 1. The van der Waals surface area contributed by atoms with Gasteiger partial charge in [0.2, 0.25) is 31.5 Å². The number of carbonyl (C=O) groups excluding carboxylic acids is 1. The average Bonchev–Trinajstić information content (AvgIpc) is 3.44. The van der Waals surface area contributed by atoms with Gasteiger partial charge in [-0.15, -0.1) is 0 Å². The van der Waals surface area contributed by atoms with Crippen LogP contribution in [-0.4, -0.2) is 52.3 Å². The number of methoxy groups -OCH3 is 2. The topological polar surface area (TPSA) is 97.0 Å². The number of fused-ring (bicyclic) bond motifs is 2. The van der Waals surface area contributed by atoms with Gasteiger partial charge in [-0.1, -0.05) is 0 Å². The lowest BCUT2D eigenvalue weighted by Crippen LogP contribution is -2.29. The van der Waals surface area contributed by atoms with Crippen LogP contribution in [0.3, 0.4) is 0 Å². The summed E-state index contributed by atoms with van der Waals surface area (Å²) in [6.45, 7) is 2.35. The molecule has 31 heavy (non-hydrogen) atoms. The predicted octanol–water partition coefficient (Wildman–Crippen LogP) is 1.84. The lowest BCUT2D eigenvalue weighted by atomic mass is 10.1. The standard InChI is InChI=1S/C21H24N2O8/c1-25-16-5-14(7-18-20(16)29-12-27-18)9-23(3-4-31-22-11-24)10-15-6-17(26-2)21-19(8-15)28-13-30-21/h5-8,11H,3-4,9-10,12-13H2,1-2H3,(H,22,24). The van der Waals surface area contributed by atoms with Gasteiger partial charge in [0.25, 0.3) is 0 Å². The second-order valence-corrected chi connectivity index (χ2v) is 6.86. The molecule has 2 heterocycles. The minimum atomic E-state index is 0.168. The molecular formula is C21H24N2O8. The zero-order chi connectivity index (χ0) is 21.6. The molecule has 0 aromatic heterocycles. The van der Waals surface area contributed by atoms with E-state index in [-0.39, 0.29) is 13.6 Å². The average molecular weight is 432 g/mol. The molecule has 10 nitrogen and oxygen atoms in total. The molecule has 2 aliphatic rings. The number of carbonyl (C=O) groups is 1. The second kappa shape index (κ2) is 9.63. The van der Waals surface area contributed by atoms with Crippen LogP contribution in [0.4, 0.5) is 0 Å². The monoisotopic (exact) mass is 432 g/mol. The molecule has 2 aliphatic heterocycles. The molecule has 0 saturated heterocycles. The van der Waals surface area contributed by atoms with Crippen LogP contribution in [-0.2, 0) is 22.7 Å². The van der Waals surface area contributed by atoms with Crippen LogP contribution < -0.4 is 33.9 Å². The first-order chi connectivity index (χ1) is 15.2. The van der Waals surface area contributed by atoms with Crippen LogP contribution in [0.1, 0.15) is 11.1 Å². The number of nitrogens with one attached hydrogen (secondary N) is 1. The number of amides is 1. The Morgan fingerprint density at radius 2 is 1.45 bits per heavy atom. The van der Waals surface area contributed by atoms with Crippen molar-refractivity contribution in [3.63, 3.8) is 0 Å². The predicted molar refractivity (Wildman–Crippen MR) is 107 cm³/mol. The molecule has 0 bridgehead atoms. The fourth-order valence-electron chi connectivity index (χ4n) is 3.55. The van der Waals surface area contributed by atoms with Crippen molar-refractivity contribution >= 4 is 6.41 Å². The highest BCUT2D eigenvalue weighted by molar-refractivity contribution is 5.56. The van der Waals surface area contributed by atoms with Crippen molar-refractivity contribution in [1.82, 2.24) is 10.4 Å². The largest absolute Gasteiger partial charge is 0.493 e. The summed E-state index contributed by atoms with van der Waals surface area (Å²) in [6.07, 6.45) is 0.496. The molecule has 1 N–H and O–H groups in total. The summed E-state index contributed by atoms with van der Waals surface area (Å²) in [5, 5.41) is 0. The van der Waals surface area contributed by atoms with Crippen molar-refractivity contribution in [2.75, 3.05) is 41.0 Å². The number of ether oxygens (including phenoxy) is 6. The third-order valence-electron chi connectivity index (χ3n) is 4.89. The maximum absolute atomic E-state index is 10.5. The quantitative estimate of drug-likeness (QED) is 0.324. The van der Waals surface area contributed by atoms with Gasteiger partial charge in [-0.25, -0.2) is 5.48 Å². The Balaban J connectivity index is 1.54. The van der Waals surface area contributed by atoms with Gasteiger partial charge < -0.3 is 28.4 Å². The summed E-state index contributed by atoms with van der Waals surface area (Å²) in [5.41, 5.74) is 4.18. The Morgan fingerprint density at radius 1 is 0.903 bits per heavy atom. The van der Waals surface area contributed by atoms with Gasteiger partial charge in [0.1, 0.15) is 0 Å². The number of benzene rings is 2. The second-order valence-electron chi connectivity index (χ2n) is 6.86. The Bertz CT molecular complexity index is 869. The Hall–Kier alpha value is -3.37. The van der Waals surface area contributed by atoms with Gasteiger partial charge >= 0.3 is 0 Å². The van der Waals surface area contributed by atoms with Gasteiger partial charge in [0.15, 0.2) is 23.0 Å². The molecule has 2 aromatic carbocycles. The fourth-order valence-corrected chi connectivity index (χ4v) is 3.55. The van der Waals surface area contributed by atoms with Crippen molar-refractivity contribution < 1.29 is 38.1 Å². The summed E-state index contributed by atoms with van der Waals surface area (Å²) in [6, 6.07) is 7.71. The first-order valence-corrected chi connectivity index (χ1v) is 9.68. The molecule has 0 atom stereocenters. The van der Waals surface area contributed by atoms with Crippen LogP contribution in [0.15, 0.2) is 24.3 Å². The summed E-state index contributed by atoms with van der Waals surface area (Å²) in [4.78, 5) is 17.7. The Labute approximate surface area is 179 Å². The zero-order valence-corrected chi connectivity index (χ0v) is 17.3. The van der Waals surface area contributed by atoms with Crippen LogP contribution in [0.5, 0.6) is 34.5 Å². The van der Waals surface area contributed by atoms with Gasteiger partial charge in [0.05, 0.1) is 20.8 Å². The molecule has 4 rings (SSSR count). The minimum Gasteiger partial charge on any atom is -0.493 e. The van der Waals surface area contributed by atoms with E-state index in [2.05, 4.69) is 10.4 Å². The van der Waals surface area contributed by atoms with E-state index in [1.54, 1.807) is 14.2 Å². The summed E-state index contributed by atoms with van der Waals surface area (Å²) < 4.78 is 32.9. The van der Waals surface area contributed by atoms with E-state index >= 15 is 0 Å². The third-order valence-corrected chi connectivity index (χ3v) is 4.89. The van der Waals surface area contributed by atoms with Gasteiger partial charge in [-0.3, -0.25) is 14.5 Å². The SMILES string of the molecule is COc1cc(CN(CCONC=O)Cc2cc(OC)c3c(c2)OCO3)cc2c1OCO2. The van der Waals surface area contributed by atoms with Crippen molar-refractivity contribution in [2.45, 2.75) is 13.1 Å². The highest BCUT2D eigenvalue weighted by Crippen LogP contribution is 2.43. The van der Waals surface area contributed by atoms with Gasteiger partial charge in [-0.05, 0) is 35.4 Å². The molecule has 0 unspecified atom stereocenters. The van der Waals surface area contributed by atoms with Crippen molar-refractivity contribution in [3.8, 4) is 34.5 Å². The first-order valence-electron chi connectivity index (χ1n) is 9.68. The summed E-state index contributed by atoms with van der Waals surface area (Å²) in [7, 11) is 3.19. The van der Waals surface area contributed by atoms with Crippen molar-refractivity contribution in [1.29, 1.82) is 0 Å². The van der Waals surface area contributed by atoms with E-state index < -0.39 is 0 Å². The van der Waals surface area contributed by atoms with Crippen LogP contribution in [0, 0.1) is 0 Å². The minimum absolute atomic E-state index is 0.168. The maximum Gasteiger partial charge on any atom is 0.231 e. The Morgan fingerprint density at radius 3 is 1.94 bits per heavy atom. The Kier molecular flexibility index (Phi) is 6.48. The first kappa shape index (κ1) is 20.9. The van der Waals surface area contributed by atoms with E-state index in [0.29, 0.717) is 67.1 Å². The third kappa shape index (κ3) is 4.70. The van der Waals surface area contributed by atoms with Crippen molar-refractivity contribution in [2.24, 2.45) is 0 Å². The van der Waals surface area contributed by atoms with E-state index in [4.69, 9.17) is 33.3 Å². The molecule has 0 radical (unpaired) electrons. The zero-order valence-electron chi connectivity index (χ0n) is 17.3. The number of rotatable bonds is 11. The smallest absolute Gasteiger partial charge is 0.231 e. The molecule has 166 valence electrons. The highest BCUT2D eigenvalue weighted by atomic mass is 16.7. The van der Waals surface area contributed by atoms with Crippen molar-refractivity contribution in [3.05, 3.63) is 35.4 Å². The molecule has 10 heteroatoms. The van der Waals surface area contributed by atoms with E-state index in [9.17, 15) is 4.79 Å². The van der Waals surface area contributed by atoms with Crippen LogP contribution in [0.2, 0.25) is 0 Å². The van der Waals surface area contributed by atoms with E-state index in [1.807, 2.05) is 24.3 Å². The number of hydroxylamine groups is 1. The molecule has 0 saturated carbocycles. The number of hydrogen-bond acceptors (Lipinski definition) is 9. The van der Waals surface area contributed by atoms with E-state index in [0.717, 1.165) is 11.1 Å².